The molecule has 0 atom stereocenters. The third-order valence-electron chi connectivity index (χ3n) is 3.92. The van der Waals surface area contributed by atoms with Crippen LogP contribution in [-0.4, -0.2) is 22.2 Å². The van der Waals surface area contributed by atoms with Crippen LogP contribution in [-0.2, 0) is 13.0 Å². The number of hydrogen-bond donors (Lipinski definition) is 1. The monoisotopic (exact) mass is 284 g/mol. The standard InChI is InChI=1S/C16H20N4O/c1-2-19-11-13(17)15(18-19)16(21)20-10-6-5-8-12-7-3-4-9-14(12)20/h3-4,7,9,11H,2,5-6,8,10,17H2,1H3. The number of aromatic nitrogens is 2. The molecule has 1 aromatic heterocycles. The molecule has 0 radical (unpaired) electrons. The second-order valence-corrected chi connectivity index (χ2v) is 5.33. The number of carbonyl (C=O) groups excluding carboxylic acids is 1. The van der Waals surface area contributed by atoms with Gasteiger partial charge in [-0.3, -0.25) is 9.48 Å². The maximum Gasteiger partial charge on any atom is 0.280 e. The number of nitrogens with two attached hydrogens (primary N) is 1. The van der Waals surface area contributed by atoms with Crippen LogP contribution in [0.5, 0.6) is 0 Å². The van der Waals surface area contributed by atoms with Crippen molar-refractivity contribution in [3.63, 3.8) is 0 Å². The van der Waals surface area contributed by atoms with E-state index in [-0.39, 0.29) is 5.91 Å². The molecule has 2 aromatic rings. The van der Waals surface area contributed by atoms with Crippen molar-refractivity contribution in [1.82, 2.24) is 9.78 Å². The first-order valence-electron chi connectivity index (χ1n) is 7.43. The molecule has 0 bridgehead atoms. The Morgan fingerprint density at radius 3 is 2.90 bits per heavy atom. The van der Waals surface area contributed by atoms with Gasteiger partial charge >= 0.3 is 0 Å². The van der Waals surface area contributed by atoms with Crippen LogP contribution in [0.25, 0.3) is 0 Å². The number of fused-ring (bicyclic) bond motifs is 1. The number of carbonyl (C=O) groups is 1. The minimum Gasteiger partial charge on any atom is -0.396 e. The van der Waals surface area contributed by atoms with Gasteiger partial charge in [0.1, 0.15) is 0 Å². The second-order valence-electron chi connectivity index (χ2n) is 5.33. The van der Waals surface area contributed by atoms with Gasteiger partial charge in [-0.25, -0.2) is 0 Å². The number of benzene rings is 1. The van der Waals surface area contributed by atoms with E-state index in [0.717, 1.165) is 24.9 Å². The van der Waals surface area contributed by atoms with Gasteiger partial charge in [0.05, 0.1) is 5.69 Å². The first-order chi connectivity index (χ1) is 10.2. The molecule has 1 aliphatic rings. The lowest BCUT2D eigenvalue weighted by molar-refractivity contribution is 0.0982. The van der Waals surface area contributed by atoms with Gasteiger partial charge < -0.3 is 10.6 Å². The first kappa shape index (κ1) is 13.7. The van der Waals surface area contributed by atoms with Gasteiger partial charge in [0.15, 0.2) is 5.69 Å². The van der Waals surface area contributed by atoms with E-state index in [0.29, 0.717) is 24.5 Å². The number of nitrogens with zero attached hydrogens (tertiary/aromatic N) is 3. The molecule has 1 amide bonds. The molecule has 1 aliphatic heterocycles. The van der Waals surface area contributed by atoms with Crippen molar-refractivity contribution < 1.29 is 4.79 Å². The highest BCUT2D eigenvalue weighted by molar-refractivity contribution is 6.08. The number of rotatable bonds is 2. The van der Waals surface area contributed by atoms with E-state index >= 15 is 0 Å². The summed E-state index contributed by atoms with van der Waals surface area (Å²) in [7, 11) is 0. The van der Waals surface area contributed by atoms with E-state index < -0.39 is 0 Å². The molecule has 0 fully saturated rings. The highest BCUT2D eigenvalue weighted by Crippen LogP contribution is 2.28. The predicted octanol–water partition coefficient (Wildman–Crippen LogP) is 2.47. The van der Waals surface area contributed by atoms with E-state index in [9.17, 15) is 4.79 Å². The molecular formula is C16H20N4O. The van der Waals surface area contributed by atoms with E-state index in [1.165, 1.54) is 5.56 Å². The number of amides is 1. The SMILES string of the molecule is CCn1cc(N)c(C(=O)N2CCCCc3ccccc32)n1. The highest BCUT2D eigenvalue weighted by Gasteiger charge is 2.25. The van der Waals surface area contributed by atoms with Crippen LogP contribution < -0.4 is 10.6 Å². The zero-order valence-corrected chi connectivity index (χ0v) is 12.2. The summed E-state index contributed by atoms with van der Waals surface area (Å²) in [6.07, 6.45) is 4.82. The average Bonchev–Trinajstić information content (AvgIpc) is 2.75. The molecule has 0 unspecified atom stereocenters. The minimum absolute atomic E-state index is 0.103. The molecule has 110 valence electrons. The summed E-state index contributed by atoms with van der Waals surface area (Å²) >= 11 is 0. The van der Waals surface area contributed by atoms with E-state index in [1.54, 1.807) is 10.9 Å². The third kappa shape index (κ3) is 2.51. The molecule has 2 heterocycles. The van der Waals surface area contributed by atoms with Gasteiger partial charge in [-0.15, -0.1) is 0 Å². The van der Waals surface area contributed by atoms with Gasteiger partial charge in [-0.05, 0) is 37.8 Å². The summed E-state index contributed by atoms with van der Waals surface area (Å²) in [5.74, 6) is -0.103. The van der Waals surface area contributed by atoms with Crippen molar-refractivity contribution in [2.45, 2.75) is 32.7 Å². The largest absolute Gasteiger partial charge is 0.396 e. The number of nitrogen functional groups attached to an aromatic ring is 1. The van der Waals surface area contributed by atoms with Gasteiger partial charge in [-0.2, -0.15) is 5.10 Å². The van der Waals surface area contributed by atoms with Crippen LogP contribution in [0.1, 0.15) is 35.8 Å². The van der Waals surface area contributed by atoms with Crippen molar-refractivity contribution in [1.29, 1.82) is 0 Å². The summed E-state index contributed by atoms with van der Waals surface area (Å²) in [5, 5.41) is 4.31. The Balaban J connectivity index is 1.99. The van der Waals surface area contributed by atoms with Crippen LogP contribution in [0.3, 0.4) is 0 Å². The van der Waals surface area contributed by atoms with Crippen LogP contribution in [0.2, 0.25) is 0 Å². The van der Waals surface area contributed by atoms with Crippen LogP contribution in [0.4, 0.5) is 11.4 Å². The van der Waals surface area contributed by atoms with E-state index in [1.807, 2.05) is 30.0 Å². The Kier molecular flexibility index (Phi) is 3.64. The number of para-hydroxylation sites is 1. The van der Waals surface area contributed by atoms with Crippen LogP contribution in [0.15, 0.2) is 30.5 Å². The van der Waals surface area contributed by atoms with Gasteiger partial charge in [0.25, 0.3) is 5.91 Å². The summed E-state index contributed by atoms with van der Waals surface area (Å²) < 4.78 is 1.70. The Labute approximate surface area is 124 Å². The summed E-state index contributed by atoms with van der Waals surface area (Å²) in [4.78, 5) is 14.7. The maximum absolute atomic E-state index is 12.8. The lowest BCUT2D eigenvalue weighted by atomic mass is 10.1. The van der Waals surface area contributed by atoms with Crippen molar-refractivity contribution >= 4 is 17.3 Å². The molecule has 2 N–H and O–H groups in total. The molecule has 21 heavy (non-hydrogen) atoms. The molecule has 5 nitrogen and oxygen atoms in total. The van der Waals surface area contributed by atoms with Crippen molar-refractivity contribution in [2.24, 2.45) is 0 Å². The Bertz CT molecular complexity index is 662. The Hall–Kier alpha value is -2.30. The topological polar surface area (TPSA) is 64.2 Å². The summed E-state index contributed by atoms with van der Waals surface area (Å²) in [5.41, 5.74) is 8.97. The number of hydrogen-bond acceptors (Lipinski definition) is 3. The first-order valence-corrected chi connectivity index (χ1v) is 7.43. The molecule has 1 aromatic carbocycles. The fourth-order valence-corrected chi connectivity index (χ4v) is 2.80. The summed E-state index contributed by atoms with van der Waals surface area (Å²) in [6, 6.07) is 8.09. The summed E-state index contributed by atoms with van der Waals surface area (Å²) in [6.45, 7) is 3.39. The Morgan fingerprint density at radius 1 is 1.33 bits per heavy atom. The van der Waals surface area contributed by atoms with E-state index in [2.05, 4.69) is 11.2 Å². The lowest BCUT2D eigenvalue weighted by Gasteiger charge is -2.22. The zero-order chi connectivity index (χ0) is 14.8. The predicted molar refractivity (Wildman–Crippen MR) is 83.4 cm³/mol. The van der Waals surface area contributed by atoms with Crippen molar-refractivity contribution in [2.75, 3.05) is 17.2 Å². The Morgan fingerprint density at radius 2 is 2.14 bits per heavy atom. The van der Waals surface area contributed by atoms with Gasteiger partial charge in [0.2, 0.25) is 0 Å². The van der Waals surface area contributed by atoms with Crippen LogP contribution >= 0.6 is 0 Å². The average molecular weight is 284 g/mol. The third-order valence-corrected chi connectivity index (χ3v) is 3.92. The van der Waals surface area contributed by atoms with Crippen molar-refractivity contribution in [3.8, 4) is 0 Å². The second kappa shape index (κ2) is 5.60. The highest BCUT2D eigenvalue weighted by atomic mass is 16.2. The fraction of sp³-hybridized carbons (Fsp3) is 0.375. The molecule has 0 saturated heterocycles. The molecule has 5 heteroatoms. The minimum atomic E-state index is -0.103. The molecule has 0 saturated carbocycles. The fourth-order valence-electron chi connectivity index (χ4n) is 2.80. The zero-order valence-electron chi connectivity index (χ0n) is 12.2. The van der Waals surface area contributed by atoms with Crippen molar-refractivity contribution in [3.05, 3.63) is 41.7 Å². The normalized spacial score (nSPS) is 14.6. The lowest BCUT2D eigenvalue weighted by Crippen LogP contribution is -2.32. The quantitative estimate of drug-likeness (QED) is 0.921. The number of aryl methyl sites for hydroxylation is 2. The van der Waals surface area contributed by atoms with Gasteiger partial charge in [0, 0.05) is 25.0 Å². The smallest absolute Gasteiger partial charge is 0.280 e. The van der Waals surface area contributed by atoms with Crippen LogP contribution in [0, 0.1) is 0 Å². The van der Waals surface area contributed by atoms with E-state index in [4.69, 9.17) is 5.73 Å². The molecule has 3 rings (SSSR count). The molecule has 0 spiro atoms. The molecule has 0 aliphatic carbocycles. The maximum atomic E-state index is 12.8. The number of anilines is 2. The molecular weight excluding hydrogens is 264 g/mol. The van der Waals surface area contributed by atoms with Gasteiger partial charge in [-0.1, -0.05) is 18.2 Å².